The van der Waals surface area contributed by atoms with Crippen molar-refractivity contribution in [3.8, 4) is 5.75 Å². The molecule has 0 radical (unpaired) electrons. The third-order valence-electron chi connectivity index (χ3n) is 3.07. The van der Waals surface area contributed by atoms with Gasteiger partial charge in [0.25, 0.3) is 0 Å². The zero-order chi connectivity index (χ0) is 12.6. The normalized spacial score (nSPS) is 24.2. The minimum absolute atomic E-state index is 0.00103. The molecule has 94 valence electrons. The Morgan fingerprint density at radius 2 is 2.06 bits per heavy atom. The molecule has 0 saturated heterocycles. The van der Waals surface area contributed by atoms with Gasteiger partial charge in [-0.1, -0.05) is 12.1 Å². The molecule has 0 bridgehead atoms. The Morgan fingerprint density at radius 1 is 1.41 bits per heavy atom. The molecule has 0 amide bonds. The zero-order valence-corrected chi connectivity index (χ0v) is 10.3. The highest BCUT2D eigenvalue weighted by molar-refractivity contribution is 7.89. The van der Waals surface area contributed by atoms with Crippen molar-refractivity contribution in [3.63, 3.8) is 0 Å². The molecular formula is C11H15NO4S. The number of benzene rings is 1. The van der Waals surface area contributed by atoms with Gasteiger partial charge in [-0.05, 0) is 30.4 Å². The Balaban J connectivity index is 2.47. The molecule has 0 unspecified atom stereocenters. The summed E-state index contributed by atoms with van der Waals surface area (Å²) in [6.07, 6.45) is 0.956. The molecule has 6 heteroatoms. The molecule has 5 nitrogen and oxygen atoms in total. The SMILES string of the molecule is COc1c(C2CC(O)C2)cccc1S(N)(=O)=O. The summed E-state index contributed by atoms with van der Waals surface area (Å²) in [5.74, 6) is 0.438. The highest BCUT2D eigenvalue weighted by atomic mass is 32.2. The van der Waals surface area contributed by atoms with Crippen molar-refractivity contribution in [2.45, 2.75) is 29.8 Å². The van der Waals surface area contributed by atoms with E-state index in [-0.39, 0.29) is 16.9 Å². The number of para-hydroxylation sites is 1. The lowest BCUT2D eigenvalue weighted by Crippen LogP contribution is -2.27. The van der Waals surface area contributed by atoms with Crippen LogP contribution in [0.15, 0.2) is 23.1 Å². The average molecular weight is 257 g/mol. The number of nitrogens with two attached hydrogens (primary N) is 1. The van der Waals surface area contributed by atoms with Crippen LogP contribution >= 0.6 is 0 Å². The molecule has 0 aromatic heterocycles. The minimum Gasteiger partial charge on any atom is -0.495 e. The standard InChI is InChI=1S/C11H15NO4S/c1-16-11-9(7-5-8(13)6-7)3-2-4-10(11)17(12,14)15/h2-4,7-8,13H,5-6H2,1H3,(H2,12,14,15). The van der Waals surface area contributed by atoms with E-state index in [2.05, 4.69) is 0 Å². The second kappa shape index (κ2) is 4.29. The minimum atomic E-state index is -3.79. The molecule has 1 aromatic carbocycles. The fourth-order valence-corrected chi connectivity index (χ4v) is 2.87. The van der Waals surface area contributed by atoms with Gasteiger partial charge in [0.1, 0.15) is 10.6 Å². The lowest BCUT2D eigenvalue weighted by atomic mass is 9.77. The van der Waals surface area contributed by atoms with Crippen LogP contribution in [-0.4, -0.2) is 26.7 Å². The number of rotatable bonds is 3. The zero-order valence-electron chi connectivity index (χ0n) is 9.46. The Kier molecular flexibility index (Phi) is 3.11. The first-order valence-corrected chi connectivity index (χ1v) is 6.86. The summed E-state index contributed by atoms with van der Waals surface area (Å²) in [7, 11) is -2.37. The van der Waals surface area contributed by atoms with Gasteiger partial charge in [0, 0.05) is 0 Å². The van der Waals surface area contributed by atoms with Gasteiger partial charge in [0.05, 0.1) is 13.2 Å². The van der Waals surface area contributed by atoms with Crippen LogP contribution in [0.3, 0.4) is 0 Å². The predicted molar refractivity (Wildman–Crippen MR) is 62.3 cm³/mol. The summed E-state index contributed by atoms with van der Waals surface area (Å²) in [5, 5.41) is 14.4. The molecular weight excluding hydrogens is 242 g/mol. The number of sulfonamides is 1. The molecule has 1 aromatic rings. The monoisotopic (exact) mass is 257 g/mol. The first-order chi connectivity index (χ1) is 7.93. The van der Waals surface area contributed by atoms with Gasteiger partial charge in [-0.2, -0.15) is 0 Å². The first kappa shape index (κ1) is 12.3. The summed E-state index contributed by atoms with van der Waals surface area (Å²) in [6, 6.07) is 4.87. The molecule has 0 aliphatic heterocycles. The van der Waals surface area contributed by atoms with Crippen LogP contribution in [0.4, 0.5) is 0 Å². The van der Waals surface area contributed by atoms with Crippen molar-refractivity contribution < 1.29 is 18.3 Å². The van der Waals surface area contributed by atoms with Crippen LogP contribution in [0.25, 0.3) is 0 Å². The Bertz CT molecular complexity index is 520. The fourth-order valence-electron chi connectivity index (χ4n) is 2.14. The van der Waals surface area contributed by atoms with E-state index >= 15 is 0 Å². The van der Waals surface area contributed by atoms with Crippen LogP contribution in [0.2, 0.25) is 0 Å². The summed E-state index contributed by atoms with van der Waals surface area (Å²) in [4.78, 5) is -0.00103. The van der Waals surface area contributed by atoms with Gasteiger partial charge >= 0.3 is 0 Å². The molecule has 1 saturated carbocycles. The quantitative estimate of drug-likeness (QED) is 0.829. The summed E-state index contributed by atoms with van der Waals surface area (Å²) in [5.41, 5.74) is 0.796. The van der Waals surface area contributed by atoms with Crippen LogP contribution in [0, 0.1) is 0 Å². The topological polar surface area (TPSA) is 89.6 Å². The molecule has 1 fully saturated rings. The van der Waals surface area contributed by atoms with Gasteiger partial charge in [0.2, 0.25) is 10.0 Å². The maximum Gasteiger partial charge on any atom is 0.241 e. The molecule has 2 rings (SSSR count). The van der Waals surface area contributed by atoms with Crippen LogP contribution < -0.4 is 9.88 Å². The largest absolute Gasteiger partial charge is 0.495 e. The van der Waals surface area contributed by atoms with Crippen molar-refractivity contribution >= 4 is 10.0 Å². The van der Waals surface area contributed by atoms with Gasteiger partial charge < -0.3 is 9.84 Å². The van der Waals surface area contributed by atoms with Crippen LogP contribution in [0.5, 0.6) is 5.75 Å². The van der Waals surface area contributed by atoms with Crippen LogP contribution in [-0.2, 0) is 10.0 Å². The number of ether oxygens (including phenoxy) is 1. The maximum absolute atomic E-state index is 11.4. The second-order valence-electron chi connectivity index (χ2n) is 4.25. The van der Waals surface area contributed by atoms with E-state index in [0.29, 0.717) is 18.6 Å². The van der Waals surface area contributed by atoms with Gasteiger partial charge in [-0.3, -0.25) is 0 Å². The second-order valence-corrected chi connectivity index (χ2v) is 5.78. The molecule has 3 N–H and O–H groups in total. The number of methoxy groups -OCH3 is 1. The fraction of sp³-hybridized carbons (Fsp3) is 0.455. The third-order valence-corrected chi connectivity index (χ3v) is 4.01. The van der Waals surface area contributed by atoms with Crippen molar-refractivity contribution in [1.29, 1.82) is 0 Å². The lowest BCUT2D eigenvalue weighted by molar-refractivity contribution is 0.0736. The highest BCUT2D eigenvalue weighted by Gasteiger charge is 2.32. The number of primary sulfonamides is 1. The molecule has 17 heavy (non-hydrogen) atoms. The molecule has 1 aliphatic carbocycles. The van der Waals surface area contributed by atoms with E-state index in [1.807, 2.05) is 6.07 Å². The van der Waals surface area contributed by atoms with Gasteiger partial charge in [-0.25, -0.2) is 13.6 Å². The highest BCUT2D eigenvalue weighted by Crippen LogP contribution is 2.42. The lowest BCUT2D eigenvalue weighted by Gasteiger charge is -2.32. The summed E-state index contributed by atoms with van der Waals surface area (Å²) >= 11 is 0. The van der Waals surface area contributed by atoms with E-state index < -0.39 is 10.0 Å². The maximum atomic E-state index is 11.4. The van der Waals surface area contributed by atoms with Gasteiger partial charge in [-0.15, -0.1) is 0 Å². The third kappa shape index (κ3) is 2.29. The number of hydrogen-bond acceptors (Lipinski definition) is 4. The van der Waals surface area contributed by atoms with E-state index in [9.17, 15) is 13.5 Å². The molecule has 0 atom stereocenters. The van der Waals surface area contributed by atoms with E-state index in [1.165, 1.54) is 13.2 Å². The average Bonchev–Trinajstić information content (AvgIpc) is 2.22. The molecule has 0 heterocycles. The Labute approximate surface area is 100 Å². The number of aliphatic hydroxyl groups is 1. The van der Waals surface area contributed by atoms with Crippen molar-refractivity contribution in [2.24, 2.45) is 5.14 Å². The summed E-state index contributed by atoms with van der Waals surface area (Å²) < 4.78 is 28.0. The predicted octanol–water partition coefficient (Wildman–Crippen LogP) is 0.581. The molecule has 0 spiro atoms. The van der Waals surface area contributed by atoms with Crippen molar-refractivity contribution in [1.82, 2.24) is 0 Å². The van der Waals surface area contributed by atoms with Gasteiger partial charge in [0.15, 0.2) is 0 Å². The Hall–Kier alpha value is -1.11. The van der Waals surface area contributed by atoms with E-state index in [0.717, 1.165) is 5.56 Å². The smallest absolute Gasteiger partial charge is 0.241 e. The van der Waals surface area contributed by atoms with Crippen LogP contribution in [0.1, 0.15) is 24.3 Å². The first-order valence-electron chi connectivity index (χ1n) is 5.31. The summed E-state index contributed by atoms with van der Waals surface area (Å²) in [6.45, 7) is 0. The van der Waals surface area contributed by atoms with E-state index in [4.69, 9.17) is 9.88 Å². The van der Waals surface area contributed by atoms with Crippen molar-refractivity contribution in [3.05, 3.63) is 23.8 Å². The van der Waals surface area contributed by atoms with E-state index in [1.54, 1.807) is 6.07 Å². The number of hydrogen-bond donors (Lipinski definition) is 2. The number of aliphatic hydroxyl groups excluding tert-OH is 1. The van der Waals surface area contributed by atoms with Crippen molar-refractivity contribution in [2.75, 3.05) is 7.11 Å². The Morgan fingerprint density at radius 3 is 2.53 bits per heavy atom. The molecule has 1 aliphatic rings.